The van der Waals surface area contributed by atoms with Crippen molar-refractivity contribution in [2.24, 2.45) is 16.6 Å². The summed E-state index contributed by atoms with van der Waals surface area (Å²) in [7, 11) is 0. The highest BCUT2D eigenvalue weighted by Gasteiger charge is 2.36. The molecular weight excluding hydrogens is 190 g/mol. The highest BCUT2D eigenvalue weighted by Crippen LogP contribution is 2.26. The lowest BCUT2D eigenvalue weighted by Gasteiger charge is -2.34. The molecule has 0 aromatic heterocycles. The van der Waals surface area contributed by atoms with Crippen LogP contribution in [-0.4, -0.2) is 42.7 Å². The molecule has 0 radical (unpaired) electrons. The molecule has 0 bridgehead atoms. The van der Waals surface area contributed by atoms with E-state index in [1.165, 1.54) is 0 Å². The Morgan fingerprint density at radius 3 is 3.07 bits per heavy atom. The van der Waals surface area contributed by atoms with E-state index in [0.29, 0.717) is 18.0 Å². The summed E-state index contributed by atoms with van der Waals surface area (Å²) >= 11 is 0. The second-order valence-electron chi connectivity index (χ2n) is 4.55. The number of nitrogens with zero attached hydrogens (tertiary/aromatic N) is 2. The van der Waals surface area contributed by atoms with Crippen molar-refractivity contribution in [2.45, 2.75) is 38.8 Å². The molecule has 4 nitrogen and oxygen atoms in total. The molecule has 3 unspecified atom stereocenters. The van der Waals surface area contributed by atoms with Crippen molar-refractivity contribution in [3.8, 4) is 0 Å². The van der Waals surface area contributed by atoms with Crippen LogP contribution in [0.2, 0.25) is 0 Å². The van der Waals surface area contributed by atoms with Crippen LogP contribution in [0.3, 0.4) is 0 Å². The van der Waals surface area contributed by atoms with E-state index in [2.05, 4.69) is 23.7 Å². The van der Waals surface area contributed by atoms with E-state index in [0.717, 1.165) is 38.6 Å². The summed E-state index contributed by atoms with van der Waals surface area (Å²) in [6.45, 7) is 7.04. The third-order valence-electron chi connectivity index (χ3n) is 3.64. The van der Waals surface area contributed by atoms with Crippen LogP contribution >= 0.6 is 0 Å². The van der Waals surface area contributed by atoms with E-state index >= 15 is 0 Å². The summed E-state index contributed by atoms with van der Waals surface area (Å²) in [5, 5.41) is 0. The Kier molecular flexibility index (Phi) is 3.14. The Labute approximate surface area is 91.5 Å². The normalized spacial score (nSPS) is 33.2. The van der Waals surface area contributed by atoms with Gasteiger partial charge in [-0.1, -0.05) is 6.92 Å². The zero-order valence-corrected chi connectivity index (χ0v) is 9.65. The fraction of sp³-hybridized carbons (Fsp3) is 0.909. The van der Waals surface area contributed by atoms with Crippen molar-refractivity contribution in [3.05, 3.63) is 0 Å². The van der Waals surface area contributed by atoms with Gasteiger partial charge in [0.25, 0.3) is 0 Å². The first-order chi connectivity index (χ1) is 7.24. The number of guanidine groups is 1. The molecule has 1 saturated heterocycles. The lowest BCUT2D eigenvalue weighted by molar-refractivity contribution is 0.151. The van der Waals surface area contributed by atoms with Gasteiger partial charge in [0.05, 0.1) is 19.2 Å². The SMILES string of the molecule is CCC(C)N1C(N)=NCC1C1CCOC1. The van der Waals surface area contributed by atoms with E-state index in [1.54, 1.807) is 0 Å². The number of hydrogen-bond acceptors (Lipinski definition) is 4. The van der Waals surface area contributed by atoms with E-state index in [-0.39, 0.29) is 0 Å². The predicted molar refractivity (Wildman–Crippen MR) is 60.8 cm³/mol. The van der Waals surface area contributed by atoms with E-state index in [9.17, 15) is 0 Å². The zero-order chi connectivity index (χ0) is 10.8. The molecule has 0 aromatic carbocycles. The van der Waals surface area contributed by atoms with Crippen molar-refractivity contribution in [2.75, 3.05) is 19.8 Å². The van der Waals surface area contributed by atoms with Crippen LogP contribution < -0.4 is 5.73 Å². The van der Waals surface area contributed by atoms with Crippen molar-refractivity contribution in [3.63, 3.8) is 0 Å². The van der Waals surface area contributed by atoms with Gasteiger partial charge in [0.2, 0.25) is 0 Å². The Morgan fingerprint density at radius 2 is 2.47 bits per heavy atom. The van der Waals surface area contributed by atoms with Gasteiger partial charge >= 0.3 is 0 Å². The van der Waals surface area contributed by atoms with E-state index in [1.807, 2.05) is 0 Å². The highest BCUT2D eigenvalue weighted by molar-refractivity contribution is 5.80. The van der Waals surface area contributed by atoms with Crippen molar-refractivity contribution < 1.29 is 4.74 Å². The van der Waals surface area contributed by atoms with Crippen LogP contribution in [0.15, 0.2) is 4.99 Å². The maximum absolute atomic E-state index is 5.95. The average molecular weight is 211 g/mol. The third kappa shape index (κ3) is 1.95. The van der Waals surface area contributed by atoms with Gasteiger partial charge in [-0.2, -0.15) is 0 Å². The standard InChI is InChI=1S/C11H21N3O/c1-3-8(2)14-10(6-13-11(14)12)9-4-5-15-7-9/h8-10H,3-7H2,1-2H3,(H2,12,13). The molecule has 0 saturated carbocycles. The third-order valence-corrected chi connectivity index (χ3v) is 3.64. The zero-order valence-electron chi connectivity index (χ0n) is 9.65. The smallest absolute Gasteiger partial charge is 0.191 e. The molecule has 2 aliphatic heterocycles. The molecule has 0 aliphatic carbocycles. The molecule has 15 heavy (non-hydrogen) atoms. The molecule has 86 valence electrons. The van der Waals surface area contributed by atoms with E-state index < -0.39 is 0 Å². The molecule has 3 atom stereocenters. The van der Waals surface area contributed by atoms with Crippen LogP contribution in [-0.2, 0) is 4.74 Å². The number of nitrogens with two attached hydrogens (primary N) is 1. The van der Waals surface area contributed by atoms with Gasteiger partial charge < -0.3 is 15.4 Å². The Morgan fingerprint density at radius 1 is 1.67 bits per heavy atom. The molecule has 2 N–H and O–H groups in total. The highest BCUT2D eigenvalue weighted by atomic mass is 16.5. The van der Waals surface area contributed by atoms with Crippen LogP contribution in [0.1, 0.15) is 26.7 Å². The molecule has 2 heterocycles. The number of hydrogen-bond donors (Lipinski definition) is 1. The minimum absolute atomic E-state index is 0.474. The number of ether oxygens (including phenoxy) is 1. The monoisotopic (exact) mass is 211 g/mol. The fourth-order valence-electron chi connectivity index (χ4n) is 2.51. The van der Waals surface area contributed by atoms with Gasteiger partial charge in [-0.15, -0.1) is 0 Å². The second-order valence-corrected chi connectivity index (χ2v) is 4.55. The van der Waals surface area contributed by atoms with Crippen LogP contribution in [0.4, 0.5) is 0 Å². The molecule has 4 heteroatoms. The summed E-state index contributed by atoms with van der Waals surface area (Å²) in [6, 6.07) is 0.962. The first-order valence-electron chi connectivity index (χ1n) is 5.90. The lowest BCUT2D eigenvalue weighted by atomic mass is 9.97. The van der Waals surface area contributed by atoms with E-state index in [4.69, 9.17) is 10.5 Å². The van der Waals surface area contributed by atoms with Crippen LogP contribution in [0.25, 0.3) is 0 Å². The molecule has 1 fully saturated rings. The Balaban J connectivity index is 2.05. The van der Waals surface area contributed by atoms with Gasteiger partial charge in [-0.3, -0.25) is 4.99 Å². The molecular formula is C11H21N3O. The predicted octanol–water partition coefficient (Wildman–Crippen LogP) is 0.820. The fourth-order valence-corrected chi connectivity index (χ4v) is 2.51. The average Bonchev–Trinajstić information content (AvgIpc) is 2.85. The second kappa shape index (κ2) is 4.39. The minimum Gasteiger partial charge on any atom is -0.381 e. The van der Waals surface area contributed by atoms with Gasteiger partial charge in [0, 0.05) is 18.6 Å². The Bertz CT molecular complexity index is 248. The summed E-state index contributed by atoms with van der Waals surface area (Å²) in [5.41, 5.74) is 5.95. The first-order valence-corrected chi connectivity index (χ1v) is 5.90. The van der Waals surface area contributed by atoms with Crippen molar-refractivity contribution >= 4 is 5.96 Å². The van der Waals surface area contributed by atoms with Gasteiger partial charge in [0.15, 0.2) is 5.96 Å². The molecule has 2 rings (SSSR count). The summed E-state index contributed by atoms with van der Waals surface area (Å²) in [4.78, 5) is 6.67. The minimum atomic E-state index is 0.474. The summed E-state index contributed by atoms with van der Waals surface area (Å²) in [5.74, 6) is 1.34. The molecule has 2 aliphatic rings. The summed E-state index contributed by atoms with van der Waals surface area (Å²) in [6.07, 6.45) is 2.26. The van der Waals surface area contributed by atoms with Crippen molar-refractivity contribution in [1.82, 2.24) is 4.90 Å². The topological polar surface area (TPSA) is 50.8 Å². The maximum atomic E-state index is 5.95. The quantitative estimate of drug-likeness (QED) is 0.752. The largest absolute Gasteiger partial charge is 0.381 e. The molecule has 0 aromatic rings. The Hall–Kier alpha value is -0.770. The van der Waals surface area contributed by atoms with Gasteiger partial charge in [-0.25, -0.2) is 0 Å². The van der Waals surface area contributed by atoms with Crippen molar-refractivity contribution in [1.29, 1.82) is 0 Å². The number of aliphatic imine (C=N–C) groups is 1. The van der Waals surface area contributed by atoms with Crippen LogP contribution in [0.5, 0.6) is 0 Å². The summed E-state index contributed by atoms with van der Waals surface area (Å²) < 4.78 is 5.45. The van der Waals surface area contributed by atoms with Crippen LogP contribution in [0, 0.1) is 5.92 Å². The lowest BCUT2D eigenvalue weighted by Crippen LogP contribution is -2.49. The molecule has 0 spiro atoms. The first kappa shape index (κ1) is 10.7. The number of rotatable bonds is 3. The maximum Gasteiger partial charge on any atom is 0.191 e. The van der Waals surface area contributed by atoms with Gasteiger partial charge in [-0.05, 0) is 19.8 Å². The molecule has 0 amide bonds. The van der Waals surface area contributed by atoms with Gasteiger partial charge in [0.1, 0.15) is 0 Å².